The zero-order chi connectivity index (χ0) is 22.9. The van der Waals surface area contributed by atoms with E-state index in [1.165, 1.54) is 17.4 Å². The van der Waals surface area contributed by atoms with Crippen LogP contribution in [0.2, 0.25) is 0 Å². The average molecular weight is 457 g/mol. The molecule has 2 heterocycles. The number of thiazole rings is 1. The van der Waals surface area contributed by atoms with Gasteiger partial charge in [0.25, 0.3) is 5.91 Å². The Balaban J connectivity index is 1.36. The Kier molecular flexibility index (Phi) is 5.40. The van der Waals surface area contributed by atoms with Crippen molar-refractivity contribution in [2.75, 3.05) is 11.9 Å². The molecule has 0 aliphatic carbocycles. The molecule has 0 saturated carbocycles. The third-order valence-corrected chi connectivity index (χ3v) is 6.14. The molecule has 0 aliphatic rings. The predicted molar refractivity (Wildman–Crippen MR) is 131 cm³/mol. The summed E-state index contributed by atoms with van der Waals surface area (Å²) in [5.74, 6) is 0.971. The van der Waals surface area contributed by atoms with Crippen molar-refractivity contribution in [2.45, 2.75) is 13.8 Å². The van der Waals surface area contributed by atoms with E-state index in [4.69, 9.17) is 9.15 Å². The van der Waals surface area contributed by atoms with Gasteiger partial charge >= 0.3 is 0 Å². The molecule has 0 fully saturated rings. The van der Waals surface area contributed by atoms with Crippen LogP contribution in [0.4, 0.5) is 5.13 Å². The smallest absolute Gasteiger partial charge is 0.257 e. The molecule has 0 atom stereocenters. The third kappa shape index (κ3) is 4.23. The maximum absolute atomic E-state index is 12.7. The van der Waals surface area contributed by atoms with E-state index in [0.717, 1.165) is 27.1 Å². The Morgan fingerprint density at radius 2 is 1.88 bits per heavy atom. The summed E-state index contributed by atoms with van der Waals surface area (Å²) in [5.41, 5.74) is 3.44. The Bertz CT molecular complexity index is 1550. The lowest BCUT2D eigenvalue weighted by Crippen LogP contribution is -2.11. The van der Waals surface area contributed by atoms with Crippen molar-refractivity contribution in [2.24, 2.45) is 0 Å². The molecule has 5 rings (SSSR count). The van der Waals surface area contributed by atoms with E-state index in [1.807, 2.05) is 44.2 Å². The Hall–Kier alpha value is -3.97. The summed E-state index contributed by atoms with van der Waals surface area (Å²) in [6.45, 7) is 4.46. The highest BCUT2D eigenvalue weighted by molar-refractivity contribution is 7.22. The first-order chi connectivity index (χ1) is 16.0. The highest BCUT2D eigenvalue weighted by Crippen LogP contribution is 2.30. The Morgan fingerprint density at radius 3 is 2.67 bits per heavy atom. The normalized spacial score (nSPS) is 11.1. The molecule has 6 nitrogen and oxygen atoms in total. The standard InChI is InChI=1S/C26H20N2O4S/c1-3-31-18-9-10-20-24(13-18)33-26(27-20)28-25(30)17-7-5-16(6-8-17)23-14-21(29)19-12-15(2)4-11-22(19)32-23/h4-14H,3H2,1-2H3,(H,27,28,30). The van der Waals surface area contributed by atoms with Crippen LogP contribution in [-0.4, -0.2) is 17.5 Å². The van der Waals surface area contributed by atoms with Gasteiger partial charge in [-0.1, -0.05) is 35.1 Å². The van der Waals surface area contributed by atoms with Crippen LogP contribution in [-0.2, 0) is 0 Å². The molecule has 5 aromatic rings. The second-order valence-corrected chi connectivity index (χ2v) is 8.62. The number of benzene rings is 3. The minimum atomic E-state index is -0.263. The van der Waals surface area contributed by atoms with Gasteiger partial charge in [-0.3, -0.25) is 14.9 Å². The number of nitrogens with one attached hydrogen (secondary N) is 1. The number of aromatic nitrogens is 1. The zero-order valence-electron chi connectivity index (χ0n) is 18.0. The number of ether oxygens (including phenoxy) is 1. The number of nitrogens with zero attached hydrogens (tertiary/aromatic N) is 1. The van der Waals surface area contributed by atoms with Gasteiger partial charge < -0.3 is 9.15 Å². The largest absolute Gasteiger partial charge is 0.494 e. The molecule has 0 radical (unpaired) electrons. The summed E-state index contributed by atoms with van der Waals surface area (Å²) in [4.78, 5) is 29.7. The van der Waals surface area contributed by atoms with Crippen LogP contribution in [0.15, 0.2) is 75.9 Å². The Morgan fingerprint density at radius 1 is 1.06 bits per heavy atom. The maximum Gasteiger partial charge on any atom is 0.257 e. The van der Waals surface area contributed by atoms with E-state index in [1.54, 1.807) is 30.3 Å². The van der Waals surface area contributed by atoms with E-state index in [2.05, 4.69) is 10.3 Å². The van der Waals surface area contributed by atoms with Gasteiger partial charge in [0.05, 0.1) is 22.2 Å². The van der Waals surface area contributed by atoms with Crippen LogP contribution in [0.1, 0.15) is 22.8 Å². The Labute approximate surface area is 193 Å². The van der Waals surface area contributed by atoms with Crippen molar-refractivity contribution in [3.63, 3.8) is 0 Å². The van der Waals surface area contributed by atoms with Gasteiger partial charge in [0, 0.05) is 17.2 Å². The van der Waals surface area contributed by atoms with E-state index in [-0.39, 0.29) is 11.3 Å². The lowest BCUT2D eigenvalue weighted by Gasteiger charge is -2.06. The molecule has 0 unspecified atom stereocenters. The summed E-state index contributed by atoms with van der Waals surface area (Å²) in [6, 6.07) is 19.6. The van der Waals surface area contributed by atoms with E-state index < -0.39 is 0 Å². The molecule has 0 saturated heterocycles. The quantitative estimate of drug-likeness (QED) is 0.349. The minimum absolute atomic E-state index is 0.0971. The maximum atomic E-state index is 12.7. The fourth-order valence-electron chi connectivity index (χ4n) is 3.58. The molecule has 2 aromatic heterocycles. The van der Waals surface area contributed by atoms with Gasteiger partial charge in [0.1, 0.15) is 17.1 Å². The number of fused-ring (bicyclic) bond motifs is 2. The molecule has 0 bridgehead atoms. The average Bonchev–Trinajstić information content (AvgIpc) is 3.21. The molecular formula is C26H20N2O4S. The number of anilines is 1. The predicted octanol–water partition coefficient (Wildman–Crippen LogP) is 6.03. The molecule has 164 valence electrons. The number of hydrogen-bond donors (Lipinski definition) is 1. The summed E-state index contributed by atoms with van der Waals surface area (Å²) in [7, 11) is 0. The minimum Gasteiger partial charge on any atom is -0.494 e. The molecule has 3 aromatic carbocycles. The molecular weight excluding hydrogens is 436 g/mol. The fourth-order valence-corrected chi connectivity index (χ4v) is 4.47. The van der Waals surface area contributed by atoms with Crippen LogP contribution in [0, 0.1) is 6.92 Å². The summed E-state index contributed by atoms with van der Waals surface area (Å²) < 4.78 is 12.4. The third-order valence-electron chi connectivity index (χ3n) is 5.21. The molecule has 1 amide bonds. The summed E-state index contributed by atoms with van der Waals surface area (Å²) in [5, 5.41) is 3.92. The summed E-state index contributed by atoms with van der Waals surface area (Å²) in [6.07, 6.45) is 0. The first-order valence-electron chi connectivity index (χ1n) is 10.5. The van der Waals surface area contributed by atoms with Crippen LogP contribution in [0.5, 0.6) is 5.75 Å². The fraction of sp³-hybridized carbons (Fsp3) is 0.115. The van der Waals surface area contributed by atoms with Gasteiger partial charge in [-0.05, 0) is 56.3 Å². The molecule has 0 spiro atoms. The van der Waals surface area contributed by atoms with Crippen LogP contribution >= 0.6 is 11.3 Å². The van der Waals surface area contributed by atoms with Gasteiger partial charge in [-0.2, -0.15) is 0 Å². The highest BCUT2D eigenvalue weighted by atomic mass is 32.1. The second kappa shape index (κ2) is 8.52. The highest BCUT2D eigenvalue weighted by Gasteiger charge is 2.12. The van der Waals surface area contributed by atoms with Gasteiger partial charge in [0.15, 0.2) is 10.6 Å². The van der Waals surface area contributed by atoms with E-state index in [0.29, 0.717) is 34.0 Å². The second-order valence-electron chi connectivity index (χ2n) is 7.59. The number of carbonyl (C=O) groups excluding carboxylic acids is 1. The SMILES string of the molecule is CCOc1ccc2nc(NC(=O)c3ccc(-c4cc(=O)c5cc(C)ccc5o4)cc3)sc2c1. The molecule has 33 heavy (non-hydrogen) atoms. The first-order valence-corrected chi connectivity index (χ1v) is 11.3. The molecule has 1 N–H and O–H groups in total. The van der Waals surface area contributed by atoms with Crippen LogP contribution in [0.3, 0.4) is 0 Å². The number of carbonyl (C=O) groups is 1. The van der Waals surface area contributed by atoms with Crippen molar-refractivity contribution in [1.82, 2.24) is 4.98 Å². The van der Waals surface area contributed by atoms with Gasteiger partial charge in [-0.25, -0.2) is 4.98 Å². The van der Waals surface area contributed by atoms with Crippen molar-refractivity contribution in [1.29, 1.82) is 0 Å². The monoisotopic (exact) mass is 456 g/mol. The number of rotatable bonds is 5. The topological polar surface area (TPSA) is 81.4 Å². The van der Waals surface area contributed by atoms with Crippen molar-refractivity contribution in [3.05, 3.63) is 88.1 Å². The van der Waals surface area contributed by atoms with Crippen LogP contribution in [0.25, 0.3) is 32.5 Å². The van der Waals surface area contributed by atoms with E-state index in [9.17, 15) is 9.59 Å². The molecule has 7 heteroatoms. The number of hydrogen-bond acceptors (Lipinski definition) is 6. The van der Waals surface area contributed by atoms with E-state index >= 15 is 0 Å². The lowest BCUT2D eigenvalue weighted by atomic mass is 10.1. The summed E-state index contributed by atoms with van der Waals surface area (Å²) >= 11 is 1.39. The van der Waals surface area contributed by atoms with Crippen LogP contribution < -0.4 is 15.5 Å². The number of amides is 1. The molecule has 0 aliphatic heterocycles. The number of aryl methyl sites for hydroxylation is 1. The zero-order valence-corrected chi connectivity index (χ0v) is 18.9. The van der Waals surface area contributed by atoms with Crippen molar-refractivity contribution < 1.29 is 13.9 Å². The van der Waals surface area contributed by atoms with Crippen molar-refractivity contribution in [3.8, 4) is 17.1 Å². The van der Waals surface area contributed by atoms with Crippen molar-refractivity contribution >= 4 is 43.6 Å². The lowest BCUT2D eigenvalue weighted by molar-refractivity contribution is 0.102. The van der Waals surface area contributed by atoms with Gasteiger partial charge in [-0.15, -0.1) is 0 Å². The van der Waals surface area contributed by atoms with Gasteiger partial charge in [0.2, 0.25) is 0 Å². The first kappa shape index (κ1) is 20.9.